The van der Waals surface area contributed by atoms with Gasteiger partial charge in [-0.3, -0.25) is 9.69 Å². The van der Waals surface area contributed by atoms with Crippen molar-refractivity contribution < 1.29 is 4.79 Å². The zero-order chi connectivity index (χ0) is 12.7. The number of amides is 1. The number of unbranched alkanes of at least 4 members (excludes halogenated alkanes) is 2. The van der Waals surface area contributed by atoms with E-state index in [-0.39, 0.29) is 5.91 Å². The zero-order valence-corrected chi connectivity index (χ0v) is 10.3. The van der Waals surface area contributed by atoms with Gasteiger partial charge < -0.3 is 0 Å². The van der Waals surface area contributed by atoms with E-state index >= 15 is 0 Å². The molecule has 1 aromatic heterocycles. The minimum atomic E-state index is 0.0654. The zero-order valence-electron chi connectivity index (χ0n) is 10.3. The molecule has 0 aliphatic rings. The van der Waals surface area contributed by atoms with Gasteiger partial charge in [0, 0.05) is 19.7 Å². The van der Waals surface area contributed by atoms with Gasteiger partial charge in [-0.2, -0.15) is 5.26 Å². The number of pyridine rings is 1. The fourth-order valence-electron chi connectivity index (χ4n) is 1.47. The van der Waals surface area contributed by atoms with Crippen LogP contribution >= 0.6 is 0 Å². The van der Waals surface area contributed by atoms with Crippen molar-refractivity contribution in [1.82, 2.24) is 4.98 Å². The minimum absolute atomic E-state index is 0.0654. The summed E-state index contributed by atoms with van der Waals surface area (Å²) in [5.41, 5.74) is 0.501. The second-order valence-electron chi connectivity index (χ2n) is 3.93. The van der Waals surface area contributed by atoms with Crippen molar-refractivity contribution in [2.75, 3.05) is 11.9 Å². The lowest BCUT2D eigenvalue weighted by molar-refractivity contribution is -0.118. The van der Waals surface area contributed by atoms with Crippen LogP contribution in [0.3, 0.4) is 0 Å². The van der Waals surface area contributed by atoms with Crippen LogP contribution in [0.1, 0.15) is 38.2 Å². The predicted octanol–water partition coefficient (Wildman–Crippen LogP) is 2.50. The molecule has 1 amide bonds. The van der Waals surface area contributed by atoms with E-state index in [1.807, 2.05) is 6.07 Å². The number of nitrogens with zero attached hydrogens (tertiary/aromatic N) is 3. The Morgan fingerprint density at radius 2 is 2.24 bits per heavy atom. The Morgan fingerprint density at radius 3 is 2.76 bits per heavy atom. The lowest BCUT2D eigenvalue weighted by Crippen LogP contribution is -2.26. The van der Waals surface area contributed by atoms with Crippen molar-refractivity contribution in [3.8, 4) is 6.07 Å². The third kappa shape index (κ3) is 3.87. The molecule has 0 aliphatic carbocycles. The minimum Gasteiger partial charge on any atom is -0.300 e. The molecule has 0 aliphatic heterocycles. The summed E-state index contributed by atoms with van der Waals surface area (Å²) in [7, 11) is 1.71. The molecule has 0 bridgehead atoms. The van der Waals surface area contributed by atoms with Gasteiger partial charge in [0.1, 0.15) is 11.9 Å². The van der Waals surface area contributed by atoms with Gasteiger partial charge in [-0.25, -0.2) is 4.98 Å². The average Bonchev–Trinajstić information content (AvgIpc) is 2.38. The lowest BCUT2D eigenvalue weighted by Gasteiger charge is -2.15. The normalized spacial score (nSPS) is 9.71. The average molecular weight is 231 g/mol. The van der Waals surface area contributed by atoms with Gasteiger partial charge in [0.2, 0.25) is 5.91 Å². The number of hydrogen-bond acceptors (Lipinski definition) is 3. The van der Waals surface area contributed by atoms with Crippen LogP contribution in [0.15, 0.2) is 18.3 Å². The van der Waals surface area contributed by atoms with Gasteiger partial charge >= 0.3 is 0 Å². The van der Waals surface area contributed by atoms with Gasteiger partial charge in [0.25, 0.3) is 0 Å². The molecule has 1 aromatic rings. The van der Waals surface area contributed by atoms with Gasteiger partial charge in [-0.05, 0) is 18.6 Å². The van der Waals surface area contributed by atoms with E-state index in [0.717, 1.165) is 19.3 Å². The fourth-order valence-corrected chi connectivity index (χ4v) is 1.47. The van der Waals surface area contributed by atoms with Crippen molar-refractivity contribution in [3.63, 3.8) is 0 Å². The molecule has 0 saturated carbocycles. The van der Waals surface area contributed by atoms with E-state index in [9.17, 15) is 4.79 Å². The van der Waals surface area contributed by atoms with Crippen molar-refractivity contribution in [2.45, 2.75) is 32.6 Å². The van der Waals surface area contributed by atoms with E-state index in [0.29, 0.717) is 17.8 Å². The lowest BCUT2D eigenvalue weighted by atomic mass is 10.2. The highest BCUT2D eigenvalue weighted by Crippen LogP contribution is 2.11. The van der Waals surface area contributed by atoms with Crippen LogP contribution in [-0.4, -0.2) is 17.9 Å². The molecule has 0 radical (unpaired) electrons. The molecular weight excluding hydrogens is 214 g/mol. The van der Waals surface area contributed by atoms with Gasteiger partial charge in [0.05, 0.1) is 5.56 Å². The molecule has 0 atom stereocenters. The summed E-state index contributed by atoms with van der Waals surface area (Å²) in [6.07, 6.45) is 5.11. The SMILES string of the molecule is CCCCCC(=O)N(C)c1ccc(C#N)cn1. The summed E-state index contributed by atoms with van der Waals surface area (Å²) >= 11 is 0. The molecule has 4 heteroatoms. The number of carbonyl (C=O) groups excluding carboxylic acids is 1. The molecule has 4 nitrogen and oxygen atoms in total. The maximum Gasteiger partial charge on any atom is 0.227 e. The number of hydrogen-bond donors (Lipinski definition) is 0. The van der Waals surface area contributed by atoms with Crippen molar-refractivity contribution in [1.29, 1.82) is 5.26 Å². The Kier molecular flexibility index (Phi) is 5.15. The maximum absolute atomic E-state index is 11.8. The molecular formula is C13H17N3O. The van der Waals surface area contributed by atoms with E-state index in [1.165, 1.54) is 11.1 Å². The molecule has 17 heavy (non-hydrogen) atoms. The molecule has 90 valence electrons. The number of nitriles is 1. The third-order valence-electron chi connectivity index (χ3n) is 2.59. The van der Waals surface area contributed by atoms with E-state index in [4.69, 9.17) is 5.26 Å². The highest BCUT2D eigenvalue weighted by atomic mass is 16.2. The first kappa shape index (κ1) is 13.2. The number of aromatic nitrogens is 1. The molecule has 1 rings (SSSR count). The summed E-state index contributed by atoms with van der Waals surface area (Å²) < 4.78 is 0. The molecule has 0 aromatic carbocycles. The van der Waals surface area contributed by atoms with Crippen LogP contribution in [0.25, 0.3) is 0 Å². The molecule has 1 heterocycles. The summed E-state index contributed by atoms with van der Waals surface area (Å²) in [4.78, 5) is 17.4. The first-order valence-electron chi connectivity index (χ1n) is 5.81. The molecule has 0 spiro atoms. The third-order valence-corrected chi connectivity index (χ3v) is 2.59. The molecule has 0 N–H and O–H groups in total. The van der Waals surface area contributed by atoms with Gasteiger partial charge in [-0.1, -0.05) is 19.8 Å². The second kappa shape index (κ2) is 6.64. The van der Waals surface area contributed by atoms with Crippen LogP contribution in [0.5, 0.6) is 0 Å². The predicted molar refractivity (Wildman–Crippen MR) is 66.5 cm³/mol. The largest absolute Gasteiger partial charge is 0.300 e. The summed E-state index contributed by atoms with van der Waals surface area (Å²) in [5.74, 6) is 0.654. The van der Waals surface area contributed by atoms with Crippen LogP contribution in [0, 0.1) is 11.3 Å². The highest BCUT2D eigenvalue weighted by Gasteiger charge is 2.11. The summed E-state index contributed by atoms with van der Waals surface area (Å²) in [5, 5.41) is 8.65. The molecule has 0 fully saturated rings. The Balaban J connectivity index is 2.59. The van der Waals surface area contributed by atoms with Crippen LogP contribution in [-0.2, 0) is 4.79 Å². The van der Waals surface area contributed by atoms with Crippen LogP contribution in [0.4, 0.5) is 5.82 Å². The van der Waals surface area contributed by atoms with Crippen molar-refractivity contribution in [3.05, 3.63) is 23.9 Å². The summed E-state index contributed by atoms with van der Waals surface area (Å²) in [6, 6.07) is 5.35. The van der Waals surface area contributed by atoms with Crippen molar-refractivity contribution in [2.24, 2.45) is 0 Å². The standard InChI is InChI=1S/C13H17N3O/c1-3-4-5-6-13(17)16(2)12-8-7-11(9-14)10-15-12/h7-8,10H,3-6H2,1-2H3. The maximum atomic E-state index is 11.8. The topological polar surface area (TPSA) is 57.0 Å². The monoisotopic (exact) mass is 231 g/mol. The Hall–Kier alpha value is -1.89. The first-order valence-corrected chi connectivity index (χ1v) is 5.81. The Bertz CT molecular complexity index is 406. The van der Waals surface area contributed by atoms with E-state index in [2.05, 4.69) is 11.9 Å². The Labute approximate surface area is 102 Å². The smallest absolute Gasteiger partial charge is 0.227 e. The van der Waals surface area contributed by atoms with E-state index in [1.54, 1.807) is 19.2 Å². The van der Waals surface area contributed by atoms with Crippen LogP contribution < -0.4 is 4.90 Å². The fraction of sp³-hybridized carbons (Fsp3) is 0.462. The second-order valence-corrected chi connectivity index (χ2v) is 3.93. The first-order chi connectivity index (χ1) is 8.19. The quantitative estimate of drug-likeness (QED) is 0.731. The molecule has 0 saturated heterocycles. The van der Waals surface area contributed by atoms with Gasteiger partial charge in [-0.15, -0.1) is 0 Å². The van der Waals surface area contributed by atoms with E-state index < -0.39 is 0 Å². The highest BCUT2D eigenvalue weighted by molar-refractivity contribution is 5.91. The summed E-state index contributed by atoms with van der Waals surface area (Å²) in [6.45, 7) is 2.11. The van der Waals surface area contributed by atoms with Crippen molar-refractivity contribution >= 4 is 11.7 Å². The van der Waals surface area contributed by atoms with Crippen LogP contribution in [0.2, 0.25) is 0 Å². The number of carbonyl (C=O) groups is 1. The number of anilines is 1. The number of rotatable bonds is 5. The Morgan fingerprint density at radius 1 is 1.47 bits per heavy atom. The molecule has 0 unspecified atom stereocenters. The van der Waals surface area contributed by atoms with Gasteiger partial charge in [0.15, 0.2) is 0 Å².